The van der Waals surface area contributed by atoms with Crippen LogP contribution in [0, 0.1) is 23.2 Å². The smallest absolute Gasteiger partial charge is 0.0537 e. The Morgan fingerprint density at radius 1 is 1.38 bits per heavy atom. The first-order chi connectivity index (χ1) is 7.26. The summed E-state index contributed by atoms with van der Waals surface area (Å²) in [6, 6.07) is 0. The average Bonchev–Trinajstić information content (AvgIpc) is 2.41. The lowest BCUT2D eigenvalue weighted by molar-refractivity contribution is 0.0986. The molecule has 1 aliphatic carbocycles. The molecule has 4 atom stereocenters. The van der Waals surface area contributed by atoms with E-state index in [9.17, 15) is 5.11 Å². The molecule has 94 valence electrons. The molecular formula is C15H28O. The van der Waals surface area contributed by atoms with Gasteiger partial charge in [0.15, 0.2) is 0 Å². The monoisotopic (exact) mass is 224 g/mol. The Balaban J connectivity index is 2.60. The van der Waals surface area contributed by atoms with Crippen LogP contribution in [0.1, 0.15) is 54.4 Å². The summed E-state index contributed by atoms with van der Waals surface area (Å²) in [5.41, 5.74) is 1.88. The van der Waals surface area contributed by atoms with Gasteiger partial charge in [-0.2, -0.15) is 0 Å². The molecule has 0 aromatic rings. The number of aliphatic hydroxyl groups is 1. The summed E-state index contributed by atoms with van der Waals surface area (Å²) >= 11 is 0. The maximum Gasteiger partial charge on any atom is 0.0537 e. The largest absolute Gasteiger partial charge is 0.393 e. The van der Waals surface area contributed by atoms with E-state index < -0.39 is 0 Å². The molecule has 0 aliphatic heterocycles. The zero-order valence-electron chi connectivity index (χ0n) is 11.7. The Labute approximate surface area is 101 Å². The Kier molecular flexibility index (Phi) is 4.23. The van der Waals surface area contributed by atoms with E-state index in [0.717, 1.165) is 12.3 Å². The van der Waals surface area contributed by atoms with Crippen LogP contribution in [0.3, 0.4) is 0 Å². The van der Waals surface area contributed by atoms with E-state index >= 15 is 0 Å². The van der Waals surface area contributed by atoms with Crippen molar-refractivity contribution in [2.45, 2.75) is 60.5 Å². The molecule has 0 saturated carbocycles. The predicted molar refractivity (Wildman–Crippen MR) is 70.3 cm³/mol. The minimum atomic E-state index is -0.180. The number of allylic oxidation sites excluding steroid dienone is 2. The molecule has 1 nitrogen and oxygen atoms in total. The van der Waals surface area contributed by atoms with Gasteiger partial charge in [-0.05, 0) is 49.9 Å². The van der Waals surface area contributed by atoms with Gasteiger partial charge in [0.05, 0.1) is 6.10 Å². The van der Waals surface area contributed by atoms with Crippen molar-refractivity contribution < 1.29 is 5.11 Å². The van der Waals surface area contributed by atoms with Gasteiger partial charge in [0.25, 0.3) is 0 Å². The van der Waals surface area contributed by atoms with Gasteiger partial charge in [-0.3, -0.25) is 0 Å². The maximum absolute atomic E-state index is 9.58. The predicted octanol–water partition coefficient (Wildman–Crippen LogP) is 4.02. The summed E-state index contributed by atoms with van der Waals surface area (Å²) in [5.74, 6) is 1.84. The molecule has 4 unspecified atom stereocenters. The fourth-order valence-electron chi connectivity index (χ4n) is 3.05. The second kappa shape index (κ2) is 4.91. The Bertz CT molecular complexity index is 263. The first-order valence-electron chi connectivity index (χ1n) is 6.62. The highest BCUT2D eigenvalue weighted by atomic mass is 16.3. The van der Waals surface area contributed by atoms with Crippen molar-refractivity contribution in [3.63, 3.8) is 0 Å². The van der Waals surface area contributed by atoms with Gasteiger partial charge in [0.1, 0.15) is 0 Å². The Hall–Kier alpha value is -0.300. The molecule has 0 radical (unpaired) electrons. The van der Waals surface area contributed by atoms with Gasteiger partial charge in [-0.25, -0.2) is 0 Å². The highest BCUT2D eigenvalue weighted by Gasteiger charge is 2.38. The third-order valence-electron chi connectivity index (χ3n) is 4.88. The number of hydrogen-bond acceptors (Lipinski definition) is 1. The molecule has 1 rings (SSSR count). The molecule has 16 heavy (non-hydrogen) atoms. The van der Waals surface area contributed by atoms with Gasteiger partial charge in [-0.1, -0.05) is 39.3 Å². The molecule has 0 aromatic heterocycles. The van der Waals surface area contributed by atoms with Gasteiger partial charge in [0.2, 0.25) is 0 Å². The molecule has 1 aliphatic rings. The van der Waals surface area contributed by atoms with Crippen molar-refractivity contribution in [1.29, 1.82) is 0 Å². The summed E-state index contributed by atoms with van der Waals surface area (Å²) < 4.78 is 0. The average molecular weight is 224 g/mol. The molecule has 0 heterocycles. The van der Waals surface area contributed by atoms with E-state index in [4.69, 9.17) is 0 Å². The molecule has 0 spiro atoms. The molecule has 0 aromatic carbocycles. The molecule has 0 fully saturated rings. The van der Waals surface area contributed by atoms with Gasteiger partial charge >= 0.3 is 0 Å². The first-order valence-corrected chi connectivity index (χ1v) is 6.62. The summed E-state index contributed by atoms with van der Waals surface area (Å²) in [7, 11) is 0. The van der Waals surface area contributed by atoms with Gasteiger partial charge < -0.3 is 5.11 Å². The lowest BCUT2D eigenvalue weighted by atomic mass is 9.69. The van der Waals surface area contributed by atoms with Crippen LogP contribution in [0.4, 0.5) is 0 Å². The summed E-state index contributed by atoms with van der Waals surface area (Å²) in [6.45, 7) is 13.4. The van der Waals surface area contributed by atoms with Crippen molar-refractivity contribution in [2.24, 2.45) is 23.2 Å². The van der Waals surface area contributed by atoms with E-state index in [1.54, 1.807) is 0 Å². The molecule has 1 N–H and O–H groups in total. The molecule has 0 bridgehead atoms. The first kappa shape index (κ1) is 13.8. The van der Waals surface area contributed by atoms with Crippen molar-refractivity contribution in [2.75, 3.05) is 0 Å². The lowest BCUT2D eigenvalue weighted by Crippen LogP contribution is -2.29. The van der Waals surface area contributed by atoms with E-state index in [2.05, 4.69) is 40.7 Å². The number of aliphatic hydroxyl groups excluding tert-OH is 1. The minimum absolute atomic E-state index is 0.180. The molecular weight excluding hydrogens is 196 g/mol. The van der Waals surface area contributed by atoms with Crippen LogP contribution in [-0.2, 0) is 0 Å². The zero-order valence-corrected chi connectivity index (χ0v) is 11.7. The Morgan fingerprint density at radius 2 is 1.94 bits per heavy atom. The van der Waals surface area contributed by atoms with Crippen LogP contribution >= 0.6 is 0 Å². The summed E-state index contributed by atoms with van der Waals surface area (Å²) in [5, 5.41) is 9.58. The minimum Gasteiger partial charge on any atom is -0.393 e. The van der Waals surface area contributed by atoms with Crippen molar-refractivity contribution in [1.82, 2.24) is 0 Å². The normalized spacial score (nSPS) is 29.7. The quantitative estimate of drug-likeness (QED) is 0.715. The second-order valence-electron chi connectivity index (χ2n) is 6.38. The molecule has 1 heteroatoms. The van der Waals surface area contributed by atoms with Gasteiger partial charge in [-0.15, -0.1) is 0 Å². The van der Waals surface area contributed by atoms with Crippen molar-refractivity contribution in [3.05, 3.63) is 11.6 Å². The highest BCUT2D eigenvalue weighted by Crippen LogP contribution is 2.48. The fourth-order valence-corrected chi connectivity index (χ4v) is 3.05. The van der Waals surface area contributed by atoms with Gasteiger partial charge in [0, 0.05) is 0 Å². The van der Waals surface area contributed by atoms with Crippen LogP contribution in [0.5, 0.6) is 0 Å². The SMILES string of the molecule is CC1=CCC(C(C)CC(C)C(C)O)C1(C)C. The van der Waals surface area contributed by atoms with Crippen molar-refractivity contribution >= 4 is 0 Å². The van der Waals surface area contributed by atoms with Crippen LogP contribution in [0.2, 0.25) is 0 Å². The number of hydrogen-bond donors (Lipinski definition) is 1. The highest BCUT2D eigenvalue weighted by molar-refractivity contribution is 5.18. The Morgan fingerprint density at radius 3 is 2.31 bits per heavy atom. The topological polar surface area (TPSA) is 20.2 Å². The maximum atomic E-state index is 9.58. The third kappa shape index (κ3) is 2.68. The second-order valence-corrected chi connectivity index (χ2v) is 6.38. The van der Waals surface area contributed by atoms with Crippen LogP contribution in [0.25, 0.3) is 0 Å². The van der Waals surface area contributed by atoms with Crippen LogP contribution in [0.15, 0.2) is 11.6 Å². The summed E-state index contributed by atoms with van der Waals surface area (Å²) in [6.07, 6.45) is 4.56. The standard InChI is InChI=1S/C15H28O/c1-10(13(4)16)9-11(2)14-8-7-12(3)15(14,5)6/h7,10-11,13-14,16H,8-9H2,1-6H3. The molecule has 0 saturated heterocycles. The van der Waals surface area contributed by atoms with E-state index in [1.807, 2.05) is 6.92 Å². The lowest BCUT2D eigenvalue weighted by Gasteiger charge is -2.35. The van der Waals surface area contributed by atoms with E-state index in [0.29, 0.717) is 17.3 Å². The number of rotatable bonds is 4. The third-order valence-corrected chi connectivity index (χ3v) is 4.88. The van der Waals surface area contributed by atoms with E-state index in [-0.39, 0.29) is 6.10 Å². The van der Waals surface area contributed by atoms with Crippen LogP contribution in [-0.4, -0.2) is 11.2 Å². The zero-order chi connectivity index (χ0) is 12.5. The van der Waals surface area contributed by atoms with E-state index in [1.165, 1.54) is 12.0 Å². The van der Waals surface area contributed by atoms with Crippen molar-refractivity contribution in [3.8, 4) is 0 Å². The summed E-state index contributed by atoms with van der Waals surface area (Å²) in [4.78, 5) is 0. The fraction of sp³-hybridized carbons (Fsp3) is 0.867. The molecule has 0 amide bonds. The van der Waals surface area contributed by atoms with Crippen LogP contribution < -0.4 is 0 Å².